The highest BCUT2D eigenvalue weighted by atomic mass is 32.2. The fourth-order valence-corrected chi connectivity index (χ4v) is 5.58. The van der Waals surface area contributed by atoms with Crippen LogP contribution >= 0.6 is 0 Å². The number of hydrogen-bond donors (Lipinski definition) is 2. The summed E-state index contributed by atoms with van der Waals surface area (Å²) in [5, 5.41) is 5.51. The first-order valence-electron chi connectivity index (χ1n) is 11.1. The van der Waals surface area contributed by atoms with Crippen molar-refractivity contribution in [3.8, 4) is 0 Å². The van der Waals surface area contributed by atoms with E-state index in [4.69, 9.17) is 4.74 Å². The molecule has 2 aromatic carbocycles. The summed E-state index contributed by atoms with van der Waals surface area (Å²) in [5.41, 5.74) is 2.43. The van der Waals surface area contributed by atoms with Crippen LogP contribution in [0.2, 0.25) is 0 Å². The number of amides is 2. The normalized spacial score (nSPS) is 16.1. The number of carbonyl (C=O) groups is 2. The van der Waals surface area contributed by atoms with Crippen LogP contribution in [0.4, 0.5) is 5.69 Å². The third-order valence-corrected chi connectivity index (χ3v) is 7.44. The molecule has 0 saturated carbocycles. The molecular formula is C24H31N3O5S. The summed E-state index contributed by atoms with van der Waals surface area (Å²) in [7, 11) is -3.86. The van der Waals surface area contributed by atoms with E-state index in [2.05, 4.69) is 10.6 Å². The lowest BCUT2D eigenvalue weighted by atomic mass is 9.92. The Bertz CT molecular complexity index is 1070. The standard InChI is InChI=1S/C24H31N3O5S/c1-3-32-16-6-14-25-24(29)17-23-22-8-5-4-7-19(22)13-15-27(23)33(30,31)21-11-9-20(10-12-21)26-18(2)28/h4-5,7-12,23H,3,6,13-17H2,1-2H3,(H,25,29)(H,26,28)/t23-/m1/s1. The Morgan fingerprint density at radius 2 is 1.85 bits per heavy atom. The number of nitrogens with zero attached hydrogens (tertiary/aromatic N) is 1. The van der Waals surface area contributed by atoms with E-state index in [9.17, 15) is 18.0 Å². The summed E-state index contributed by atoms with van der Waals surface area (Å²) in [6, 6.07) is 13.1. The molecule has 1 heterocycles. The zero-order valence-corrected chi connectivity index (χ0v) is 19.9. The van der Waals surface area contributed by atoms with Gasteiger partial charge in [-0.05, 0) is 55.2 Å². The van der Waals surface area contributed by atoms with Gasteiger partial charge >= 0.3 is 0 Å². The third-order valence-electron chi connectivity index (χ3n) is 5.52. The highest BCUT2D eigenvalue weighted by Crippen LogP contribution is 2.36. The van der Waals surface area contributed by atoms with Crippen LogP contribution in [0.5, 0.6) is 0 Å². The molecule has 0 bridgehead atoms. The van der Waals surface area contributed by atoms with E-state index < -0.39 is 16.1 Å². The van der Waals surface area contributed by atoms with E-state index in [-0.39, 0.29) is 29.7 Å². The van der Waals surface area contributed by atoms with Crippen LogP contribution in [0.3, 0.4) is 0 Å². The molecule has 0 unspecified atom stereocenters. The highest BCUT2D eigenvalue weighted by molar-refractivity contribution is 7.89. The average molecular weight is 474 g/mol. The Kier molecular flexibility index (Phi) is 8.60. The summed E-state index contributed by atoms with van der Waals surface area (Å²) < 4.78 is 33.8. The molecule has 2 aromatic rings. The van der Waals surface area contributed by atoms with Crippen molar-refractivity contribution in [2.45, 2.75) is 44.0 Å². The van der Waals surface area contributed by atoms with Crippen LogP contribution < -0.4 is 10.6 Å². The van der Waals surface area contributed by atoms with Gasteiger partial charge in [0.2, 0.25) is 21.8 Å². The first-order valence-corrected chi connectivity index (χ1v) is 12.6. The topological polar surface area (TPSA) is 105 Å². The van der Waals surface area contributed by atoms with Gasteiger partial charge in [-0.25, -0.2) is 8.42 Å². The molecule has 33 heavy (non-hydrogen) atoms. The van der Waals surface area contributed by atoms with Crippen molar-refractivity contribution in [2.75, 3.05) is 31.6 Å². The van der Waals surface area contributed by atoms with Crippen LogP contribution in [-0.4, -0.2) is 50.8 Å². The molecule has 9 heteroatoms. The van der Waals surface area contributed by atoms with E-state index in [1.807, 2.05) is 31.2 Å². The quantitative estimate of drug-likeness (QED) is 0.517. The molecule has 2 N–H and O–H groups in total. The smallest absolute Gasteiger partial charge is 0.243 e. The number of rotatable bonds is 10. The maximum Gasteiger partial charge on any atom is 0.243 e. The van der Waals surface area contributed by atoms with Crippen LogP contribution in [0, 0.1) is 0 Å². The lowest BCUT2D eigenvalue weighted by Crippen LogP contribution is -2.42. The first kappa shape index (κ1) is 24.9. The van der Waals surface area contributed by atoms with E-state index in [1.54, 1.807) is 12.1 Å². The molecule has 3 rings (SSSR count). The molecule has 0 fully saturated rings. The number of nitrogens with one attached hydrogen (secondary N) is 2. The van der Waals surface area contributed by atoms with Crippen molar-refractivity contribution in [3.05, 3.63) is 59.7 Å². The molecule has 0 radical (unpaired) electrons. The van der Waals surface area contributed by atoms with Gasteiger partial charge in [-0.15, -0.1) is 0 Å². The highest BCUT2D eigenvalue weighted by Gasteiger charge is 2.37. The lowest BCUT2D eigenvalue weighted by molar-refractivity contribution is -0.122. The molecule has 1 atom stereocenters. The van der Waals surface area contributed by atoms with Gasteiger partial charge in [0.1, 0.15) is 0 Å². The van der Waals surface area contributed by atoms with Crippen molar-refractivity contribution >= 4 is 27.5 Å². The van der Waals surface area contributed by atoms with Crippen LogP contribution in [0.25, 0.3) is 0 Å². The van der Waals surface area contributed by atoms with Gasteiger partial charge in [0.25, 0.3) is 0 Å². The summed E-state index contributed by atoms with van der Waals surface area (Å²) in [4.78, 5) is 24.1. The Morgan fingerprint density at radius 1 is 1.12 bits per heavy atom. The van der Waals surface area contributed by atoms with Gasteiger partial charge in [0, 0.05) is 45.3 Å². The van der Waals surface area contributed by atoms with Crippen molar-refractivity contribution in [3.63, 3.8) is 0 Å². The van der Waals surface area contributed by atoms with Gasteiger partial charge in [-0.2, -0.15) is 4.31 Å². The molecule has 2 amide bonds. The number of carbonyl (C=O) groups excluding carboxylic acids is 2. The average Bonchev–Trinajstić information content (AvgIpc) is 2.79. The SMILES string of the molecule is CCOCCCNC(=O)C[C@@H]1c2ccccc2CCN1S(=O)(=O)c1ccc(NC(C)=O)cc1. The van der Waals surface area contributed by atoms with Crippen LogP contribution in [0.15, 0.2) is 53.4 Å². The number of benzene rings is 2. The van der Waals surface area contributed by atoms with Crippen LogP contribution in [-0.2, 0) is 30.8 Å². The molecular weight excluding hydrogens is 442 g/mol. The fourth-order valence-electron chi connectivity index (χ4n) is 3.97. The van der Waals surface area contributed by atoms with Gasteiger partial charge in [0.05, 0.1) is 10.9 Å². The van der Waals surface area contributed by atoms with Gasteiger partial charge in [-0.1, -0.05) is 24.3 Å². The van der Waals surface area contributed by atoms with Crippen molar-refractivity contribution < 1.29 is 22.7 Å². The molecule has 1 aliphatic heterocycles. The molecule has 0 aliphatic carbocycles. The minimum atomic E-state index is -3.86. The monoisotopic (exact) mass is 473 g/mol. The minimum absolute atomic E-state index is 0.0366. The van der Waals surface area contributed by atoms with Crippen molar-refractivity contribution in [1.29, 1.82) is 0 Å². The molecule has 0 saturated heterocycles. The van der Waals surface area contributed by atoms with Crippen molar-refractivity contribution in [1.82, 2.24) is 9.62 Å². The Labute approximate surface area is 195 Å². The van der Waals surface area contributed by atoms with E-state index >= 15 is 0 Å². The predicted molar refractivity (Wildman–Crippen MR) is 126 cm³/mol. The number of hydrogen-bond acceptors (Lipinski definition) is 5. The second kappa shape index (κ2) is 11.4. The first-order chi connectivity index (χ1) is 15.8. The number of sulfonamides is 1. The van der Waals surface area contributed by atoms with Crippen molar-refractivity contribution in [2.24, 2.45) is 0 Å². The summed E-state index contributed by atoms with van der Waals surface area (Å²) in [6.45, 7) is 5.27. The minimum Gasteiger partial charge on any atom is -0.382 e. The molecule has 1 aliphatic rings. The van der Waals surface area contributed by atoms with Gasteiger partial charge in [0.15, 0.2) is 0 Å². The third kappa shape index (κ3) is 6.40. The van der Waals surface area contributed by atoms with E-state index in [0.29, 0.717) is 38.3 Å². The summed E-state index contributed by atoms with van der Waals surface area (Å²) in [5.74, 6) is -0.431. The second-order valence-corrected chi connectivity index (χ2v) is 9.78. The largest absolute Gasteiger partial charge is 0.382 e. The molecule has 0 spiro atoms. The summed E-state index contributed by atoms with van der Waals surface area (Å²) in [6.07, 6.45) is 1.31. The maximum absolute atomic E-state index is 13.5. The Hall–Kier alpha value is -2.75. The van der Waals surface area contributed by atoms with E-state index in [0.717, 1.165) is 11.1 Å². The zero-order chi connectivity index (χ0) is 23.8. The number of fused-ring (bicyclic) bond motifs is 1. The Morgan fingerprint density at radius 3 is 2.55 bits per heavy atom. The molecule has 0 aromatic heterocycles. The fraction of sp³-hybridized carbons (Fsp3) is 0.417. The maximum atomic E-state index is 13.5. The molecule has 178 valence electrons. The zero-order valence-electron chi connectivity index (χ0n) is 19.0. The van der Waals surface area contributed by atoms with Gasteiger partial charge < -0.3 is 15.4 Å². The van der Waals surface area contributed by atoms with E-state index in [1.165, 1.54) is 23.4 Å². The number of ether oxygens (including phenoxy) is 1. The lowest BCUT2D eigenvalue weighted by Gasteiger charge is -2.36. The second-order valence-electron chi connectivity index (χ2n) is 7.89. The van der Waals surface area contributed by atoms with Crippen LogP contribution in [0.1, 0.15) is 43.9 Å². The van der Waals surface area contributed by atoms with Gasteiger partial charge in [-0.3, -0.25) is 9.59 Å². The number of anilines is 1. The summed E-state index contributed by atoms with van der Waals surface area (Å²) >= 11 is 0. The Balaban J connectivity index is 1.81. The molecule has 8 nitrogen and oxygen atoms in total. The predicted octanol–water partition coefficient (Wildman–Crippen LogP) is 2.87.